The summed E-state index contributed by atoms with van der Waals surface area (Å²) in [6.07, 6.45) is 2.25. The van der Waals surface area contributed by atoms with Crippen molar-refractivity contribution in [2.24, 2.45) is 5.92 Å². The number of carbonyl (C=O) groups is 3. The van der Waals surface area contributed by atoms with Crippen molar-refractivity contribution in [2.75, 3.05) is 13.2 Å². The third-order valence-electron chi connectivity index (χ3n) is 4.11. The first-order chi connectivity index (χ1) is 11.6. The fourth-order valence-electron chi connectivity index (χ4n) is 3.01. The number of pyridine rings is 1. The average molecular weight is 326 g/mol. The van der Waals surface area contributed by atoms with Crippen molar-refractivity contribution in [3.63, 3.8) is 0 Å². The minimum Gasteiger partial charge on any atom is -0.465 e. The molecule has 1 atom stereocenters. The van der Waals surface area contributed by atoms with Crippen molar-refractivity contribution in [3.8, 4) is 0 Å². The van der Waals surface area contributed by atoms with E-state index in [0.717, 1.165) is 21.4 Å². The molecule has 0 saturated carbocycles. The Morgan fingerprint density at radius 2 is 2.08 bits per heavy atom. The van der Waals surface area contributed by atoms with Crippen molar-refractivity contribution in [1.29, 1.82) is 0 Å². The highest BCUT2D eigenvalue weighted by Gasteiger charge is 2.39. The molecule has 1 aromatic carbocycles. The first-order valence-electron chi connectivity index (χ1n) is 7.92. The van der Waals surface area contributed by atoms with E-state index < -0.39 is 11.9 Å². The van der Waals surface area contributed by atoms with E-state index in [1.807, 2.05) is 30.3 Å². The first kappa shape index (κ1) is 16.1. The Kier molecular flexibility index (Phi) is 4.55. The fraction of sp³-hybridized carbons (Fsp3) is 0.333. The normalized spacial score (nSPS) is 17.5. The molecule has 1 unspecified atom stereocenters. The maximum absolute atomic E-state index is 12.5. The van der Waals surface area contributed by atoms with Gasteiger partial charge in [-0.2, -0.15) is 0 Å². The molecule has 1 aromatic heterocycles. The molecule has 1 aliphatic rings. The zero-order chi connectivity index (χ0) is 17.1. The number of hydrogen-bond donors (Lipinski definition) is 0. The van der Waals surface area contributed by atoms with Crippen LogP contribution >= 0.6 is 0 Å². The Morgan fingerprint density at radius 1 is 1.29 bits per heavy atom. The number of likely N-dealkylation sites (tertiary alicyclic amines) is 1. The lowest BCUT2D eigenvalue weighted by Crippen LogP contribution is -2.36. The molecular formula is C18H18N2O4. The van der Waals surface area contributed by atoms with Crippen LogP contribution in [0.3, 0.4) is 0 Å². The molecule has 24 heavy (non-hydrogen) atoms. The SMILES string of the molecule is CCOC(=O)CN1C(=O)CC(Cc2cccc3cccnc23)C1=O. The van der Waals surface area contributed by atoms with Gasteiger partial charge in [0.05, 0.1) is 18.0 Å². The second-order valence-electron chi connectivity index (χ2n) is 5.72. The number of imide groups is 1. The van der Waals surface area contributed by atoms with Gasteiger partial charge in [0.15, 0.2) is 0 Å². The molecule has 0 radical (unpaired) electrons. The van der Waals surface area contributed by atoms with Gasteiger partial charge < -0.3 is 4.74 Å². The molecule has 0 aliphatic carbocycles. The van der Waals surface area contributed by atoms with Crippen LogP contribution in [0, 0.1) is 5.92 Å². The number of hydrogen-bond acceptors (Lipinski definition) is 5. The quantitative estimate of drug-likeness (QED) is 0.617. The van der Waals surface area contributed by atoms with Gasteiger partial charge in [-0.3, -0.25) is 24.3 Å². The van der Waals surface area contributed by atoms with Gasteiger partial charge in [-0.25, -0.2) is 0 Å². The largest absolute Gasteiger partial charge is 0.465 e. The Hall–Kier alpha value is -2.76. The van der Waals surface area contributed by atoms with Gasteiger partial charge in [-0.15, -0.1) is 0 Å². The number of ether oxygens (including phenoxy) is 1. The molecule has 3 rings (SSSR count). The van der Waals surface area contributed by atoms with Crippen molar-refractivity contribution in [1.82, 2.24) is 9.88 Å². The second kappa shape index (κ2) is 6.78. The highest BCUT2D eigenvalue weighted by molar-refractivity contribution is 6.05. The third kappa shape index (κ3) is 3.13. The number of para-hydroxylation sites is 1. The topological polar surface area (TPSA) is 76.6 Å². The standard InChI is InChI=1S/C18H18N2O4/c1-2-24-16(22)11-20-15(21)10-14(18(20)23)9-13-6-3-5-12-7-4-8-19-17(12)13/h3-8,14H,2,9-11H2,1H3. The average Bonchev–Trinajstić information content (AvgIpc) is 2.83. The van der Waals surface area contributed by atoms with Crippen molar-refractivity contribution in [2.45, 2.75) is 19.8 Å². The molecule has 0 spiro atoms. The lowest BCUT2D eigenvalue weighted by molar-refractivity contribution is -0.152. The van der Waals surface area contributed by atoms with Crippen molar-refractivity contribution < 1.29 is 19.1 Å². The molecular weight excluding hydrogens is 308 g/mol. The predicted octanol–water partition coefficient (Wildman–Crippen LogP) is 1.72. The smallest absolute Gasteiger partial charge is 0.326 e. The van der Waals surface area contributed by atoms with Crippen LogP contribution in [0.5, 0.6) is 0 Å². The molecule has 6 heteroatoms. The fourth-order valence-corrected chi connectivity index (χ4v) is 3.01. The van der Waals surface area contributed by atoms with Crippen LogP contribution in [-0.2, 0) is 25.5 Å². The summed E-state index contributed by atoms with van der Waals surface area (Å²) >= 11 is 0. The number of fused-ring (bicyclic) bond motifs is 1. The molecule has 1 saturated heterocycles. The Balaban J connectivity index is 1.77. The number of carbonyl (C=O) groups excluding carboxylic acids is 3. The van der Waals surface area contributed by atoms with E-state index in [4.69, 9.17) is 4.74 Å². The maximum atomic E-state index is 12.5. The Labute approximate surface area is 139 Å². The van der Waals surface area contributed by atoms with Crippen molar-refractivity contribution in [3.05, 3.63) is 42.1 Å². The van der Waals surface area contributed by atoms with E-state index >= 15 is 0 Å². The molecule has 1 aliphatic heterocycles. The molecule has 2 amide bonds. The minimum absolute atomic E-state index is 0.113. The summed E-state index contributed by atoms with van der Waals surface area (Å²) in [5, 5.41) is 0.996. The number of esters is 1. The van der Waals surface area contributed by atoms with E-state index in [1.165, 1.54) is 0 Å². The molecule has 2 aromatic rings. The third-order valence-corrected chi connectivity index (χ3v) is 4.11. The maximum Gasteiger partial charge on any atom is 0.326 e. The zero-order valence-electron chi connectivity index (χ0n) is 13.4. The van der Waals surface area contributed by atoms with E-state index in [0.29, 0.717) is 6.42 Å². The van der Waals surface area contributed by atoms with Crippen molar-refractivity contribution >= 4 is 28.7 Å². The van der Waals surface area contributed by atoms with Gasteiger partial charge in [0, 0.05) is 18.0 Å². The molecule has 6 nitrogen and oxygen atoms in total. The van der Waals surface area contributed by atoms with Gasteiger partial charge in [-0.05, 0) is 25.0 Å². The molecule has 1 fully saturated rings. The van der Waals surface area contributed by atoms with Gasteiger partial charge >= 0.3 is 5.97 Å². The van der Waals surface area contributed by atoms with Gasteiger partial charge in [0.2, 0.25) is 11.8 Å². The van der Waals surface area contributed by atoms with E-state index in [-0.39, 0.29) is 31.4 Å². The summed E-state index contributed by atoms with van der Waals surface area (Å²) < 4.78 is 4.82. The van der Waals surface area contributed by atoms with Crippen LogP contribution in [0.25, 0.3) is 10.9 Å². The number of amides is 2. The lowest BCUT2D eigenvalue weighted by Gasteiger charge is -2.14. The Bertz CT molecular complexity index is 797. The molecule has 0 bridgehead atoms. The number of aromatic nitrogens is 1. The predicted molar refractivity (Wildman–Crippen MR) is 86.9 cm³/mol. The first-order valence-corrected chi connectivity index (χ1v) is 7.92. The summed E-state index contributed by atoms with van der Waals surface area (Å²) in [6.45, 7) is 1.60. The number of rotatable bonds is 5. The lowest BCUT2D eigenvalue weighted by atomic mass is 9.96. The summed E-state index contributed by atoms with van der Waals surface area (Å²) in [6, 6.07) is 9.61. The highest BCUT2D eigenvalue weighted by atomic mass is 16.5. The van der Waals surface area contributed by atoms with Crippen LogP contribution in [0.1, 0.15) is 18.9 Å². The number of benzene rings is 1. The van der Waals surface area contributed by atoms with Crippen LogP contribution in [-0.4, -0.2) is 40.8 Å². The highest BCUT2D eigenvalue weighted by Crippen LogP contribution is 2.26. The molecule has 124 valence electrons. The summed E-state index contributed by atoms with van der Waals surface area (Å²) in [7, 11) is 0. The van der Waals surface area contributed by atoms with Crippen LogP contribution in [0.2, 0.25) is 0 Å². The minimum atomic E-state index is -0.563. The van der Waals surface area contributed by atoms with E-state index in [9.17, 15) is 14.4 Å². The van der Waals surface area contributed by atoms with Crippen LogP contribution in [0.15, 0.2) is 36.5 Å². The van der Waals surface area contributed by atoms with Gasteiger partial charge in [-0.1, -0.05) is 24.3 Å². The molecule has 0 N–H and O–H groups in total. The monoisotopic (exact) mass is 326 g/mol. The van der Waals surface area contributed by atoms with E-state index in [1.54, 1.807) is 13.1 Å². The van der Waals surface area contributed by atoms with Gasteiger partial charge in [0.25, 0.3) is 0 Å². The molecule has 2 heterocycles. The zero-order valence-corrected chi connectivity index (χ0v) is 13.4. The summed E-state index contributed by atoms with van der Waals surface area (Å²) in [5.74, 6) is -1.67. The Morgan fingerprint density at radius 3 is 2.88 bits per heavy atom. The summed E-state index contributed by atoms with van der Waals surface area (Å²) in [4.78, 5) is 41.5. The van der Waals surface area contributed by atoms with E-state index in [2.05, 4.69) is 4.98 Å². The number of nitrogens with zero attached hydrogens (tertiary/aromatic N) is 2. The van der Waals surface area contributed by atoms with Crippen LogP contribution < -0.4 is 0 Å². The summed E-state index contributed by atoms with van der Waals surface area (Å²) in [5.41, 5.74) is 1.77. The van der Waals surface area contributed by atoms with Gasteiger partial charge in [0.1, 0.15) is 6.54 Å². The van der Waals surface area contributed by atoms with Crippen LogP contribution in [0.4, 0.5) is 0 Å². The second-order valence-corrected chi connectivity index (χ2v) is 5.72.